The van der Waals surface area contributed by atoms with Crippen molar-refractivity contribution in [1.82, 2.24) is 0 Å². The van der Waals surface area contributed by atoms with Crippen LogP contribution in [0.1, 0.15) is 23.2 Å². The molecule has 1 aromatic rings. The van der Waals surface area contributed by atoms with Crippen LogP contribution in [0.25, 0.3) is 0 Å². The summed E-state index contributed by atoms with van der Waals surface area (Å²) >= 11 is 0. The van der Waals surface area contributed by atoms with Gasteiger partial charge >= 0.3 is 5.97 Å². The number of carboxylic acid groups (broad SMARTS) is 1. The molecule has 1 rings (SSSR count). The lowest BCUT2D eigenvalue weighted by Gasteiger charge is -2.10. The van der Waals surface area contributed by atoms with Crippen LogP contribution in [-0.4, -0.2) is 37.8 Å². The predicted octanol–water partition coefficient (Wildman–Crippen LogP) is 1.76. The van der Waals surface area contributed by atoms with E-state index in [-0.39, 0.29) is 23.6 Å². The van der Waals surface area contributed by atoms with Crippen LogP contribution in [0.2, 0.25) is 0 Å². The van der Waals surface area contributed by atoms with Gasteiger partial charge in [-0.05, 0) is 18.6 Å². The van der Waals surface area contributed by atoms with E-state index < -0.39 is 5.97 Å². The van der Waals surface area contributed by atoms with Gasteiger partial charge in [-0.1, -0.05) is 0 Å². The molecule has 2 N–H and O–H groups in total. The van der Waals surface area contributed by atoms with E-state index in [1.54, 1.807) is 7.11 Å². The molecule has 1 aromatic carbocycles. The Morgan fingerprint density at radius 2 is 2.05 bits per heavy atom. The van der Waals surface area contributed by atoms with Gasteiger partial charge in [-0.3, -0.25) is 4.79 Å². The zero-order chi connectivity index (χ0) is 14.3. The number of ether oxygens (including phenoxy) is 2. The molecule has 0 aliphatic carbocycles. The molecule has 0 bridgehead atoms. The van der Waals surface area contributed by atoms with E-state index in [9.17, 15) is 9.59 Å². The highest BCUT2D eigenvalue weighted by molar-refractivity contribution is 6.00. The van der Waals surface area contributed by atoms with Crippen molar-refractivity contribution in [2.24, 2.45) is 0 Å². The highest BCUT2D eigenvalue weighted by Gasteiger charge is 2.13. The van der Waals surface area contributed by atoms with Crippen LogP contribution >= 0.6 is 0 Å². The normalized spacial score (nSPS) is 10.0. The van der Waals surface area contributed by atoms with Crippen LogP contribution in [-0.2, 0) is 9.53 Å². The molecular formula is C13H17NO5. The molecule has 6 nitrogen and oxygen atoms in total. The van der Waals surface area contributed by atoms with Gasteiger partial charge in [0.15, 0.2) is 0 Å². The van der Waals surface area contributed by atoms with E-state index >= 15 is 0 Å². The average Bonchev–Trinajstić information content (AvgIpc) is 2.38. The third kappa shape index (κ3) is 4.59. The molecular weight excluding hydrogens is 250 g/mol. The number of aromatic carboxylic acids is 1. The molecule has 1 amide bonds. The number of nitrogens with one attached hydrogen (secondary N) is 1. The van der Waals surface area contributed by atoms with Crippen molar-refractivity contribution < 1.29 is 24.2 Å². The zero-order valence-electron chi connectivity index (χ0n) is 10.9. The number of hydrogen-bond acceptors (Lipinski definition) is 4. The Labute approximate surface area is 111 Å². The van der Waals surface area contributed by atoms with Crippen LogP contribution in [0, 0.1) is 0 Å². The number of anilines is 1. The lowest BCUT2D eigenvalue weighted by Crippen LogP contribution is -2.15. The van der Waals surface area contributed by atoms with E-state index in [0.29, 0.717) is 18.8 Å². The molecule has 0 aliphatic heterocycles. The van der Waals surface area contributed by atoms with Crippen molar-refractivity contribution in [3.05, 3.63) is 23.8 Å². The standard InChI is InChI=1S/C13H17NO5/c1-18-7-3-4-12(15)14-11-8-9(19-2)5-6-10(11)13(16)17/h5-6,8H,3-4,7H2,1-2H3,(H,14,15)(H,16,17). The summed E-state index contributed by atoms with van der Waals surface area (Å²) in [6.45, 7) is 0.483. The molecule has 104 valence electrons. The quantitative estimate of drug-likeness (QED) is 0.735. The van der Waals surface area contributed by atoms with Crippen LogP contribution < -0.4 is 10.1 Å². The first-order chi connectivity index (χ1) is 9.08. The largest absolute Gasteiger partial charge is 0.497 e. The fourth-order valence-corrected chi connectivity index (χ4v) is 1.53. The summed E-state index contributed by atoms with van der Waals surface area (Å²) in [4.78, 5) is 22.7. The van der Waals surface area contributed by atoms with Gasteiger partial charge in [0, 0.05) is 26.2 Å². The monoisotopic (exact) mass is 267 g/mol. The van der Waals surface area contributed by atoms with E-state index in [0.717, 1.165) is 0 Å². The Hall–Kier alpha value is -2.08. The van der Waals surface area contributed by atoms with Gasteiger partial charge in [0.2, 0.25) is 5.91 Å². The van der Waals surface area contributed by atoms with Crippen molar-refractivity contribution >= 4 is 17.6 Å². The first-order valence-corrected chi connectivity index (χ1v) is 5.78. The Bertz CT molecular complexity index is 458. The number of benzene rings is 1. The summed E-state index contributed by atoms with van der Waals surface area (Å²) < 4.78 is 9.85. The summed E-state index contributed by atoms with van der Waals surface area (Å²) in [6.07, 6.45) is 0.846. The third-order valence-corrected chi connectivity index (χ3v) is 2.48. The molecule has 0 radical (unpaired) electrons. The first-order valence-electron chi connectivity index (χ1n) is 5.78. The van der Waals surface area contributed by atoms with Crippen molar-refractivity contribution in [2.75, 3.05) is 26.1 Å². The molecule has 0 saturated carbocycles. The maximum absolute atomic E-state index is 11.7. The molecule has 0 aliphatic rings. The van der Waals surface area contributed by atoms with Crippen LogP contribution in [0.3, 0.4) is 0 Å². The van der Waals surface area contributed by atoms with Gasteiger partial charge in [-0.25, -0.2) is 4.79 Å². The van der Waals surface area contributed by atoms with Crippen molar-refractivity contribution in [3.63, 3.8) is 0 Å². The second kappa shape index (κ2) is 7.38. The summed E-state index contributed by atoms with van der Waals surface area (Å²) in [5.74, 6) is -0.875. The van der Waals surface area contributed by atoms with Gasteiger partial charge in [0.25, 0.3) is 0 Å². The van der Waals surface area contributed by atoms with Gasteiger partial charge in [0.1, 0.15) is 5.75 Å². The van der Waals surface area contributed by atoms with Crippen LogP contribution in [0.5, 0.6) is 5.75 Å². The number of amides is 1. The molecule has 6 heteroatoms. The molecule has 0 spiro atoms. The number of hydrogen-bond donors (Lipinski definition) is 2. The topological polar surface area (TPSA) is 84.9 Å². The molecule has 0 heterocycles. The minimum absolute atomic E-state index is 0.0286. The minimum atomic E-state index is -1.10. The number of rotatable bonds is 7. The summed E-state index contributed by atoms with van der Waals surface area (Å²) in [5.41, 5.74) is 0.259. The smallest absolute Gasteiger partial charge is 0.337 e. The second-order valence-electron chi connectivity index (χ2n) is 3.86. The molecule has 19 heavy (non-hydrogen) atoms. The van der Waals surface area contributed by atoms with Crippen LogP contribution in [0.4, 0.5) is 5.69 Å². The Kier molecular flexibility index (Phi) is 5.81. The fraction of sp³-hybridized carbons (Fsp3) is 0.385. The predicted molar refractivity (Wildman–Crippen MR) is 69.7 cm³/mol. The fourth-order valence-electron chi connectivity index (χ4n) is 1.53. The summed E-state index contributed by atoms with van der Waals surface area (Å²) in [7, 11) is 3.03. The summed E-state index contributed by atoms with van der Waals surface area (Å²) in [6, 6.07) is 4.41. The molecule has 0 saturated heterocycles. The maximum atomic E-state index is 11.7. The number of carbonyl (C=O) groups is 2. The van der Waals surface area contributed by atoms with Gasteiger partial charge in [-0.2, -0.15) is 0 Å². The van der Waals surface area contributed by atoms with Crippen LogP contribution in [0.15, 0.2) is 18.2 Å². The third-order valence-electron chi connectivity index (χ3n) is 2.48. The molecule has 0 fully saturated rings. The Morgan fingerprint density at radius 1 is 1.32 bits per heavy atom. The summed E-state index contributed by atoms with van der Waals surface area (Å²) in [5, 5.41) is 11.6. The van der Waals surface area contributed by atoms with E-state index in [2.05, 4.69) is 5.32 Å². The van der Waals surface area contributed by atoms with Gasteiger partial charge < -0.3 is 19.9 Å². The Balaban J connectivity index is 2.79. The number of carbonyl (C=O) groups excluding carboxylic acids is 1. The van der Waals surface area contributed by atoms with E-state index in [4.69, 9.17) is 14.6 Å². The number of carboxylic acids is 1. The highest BCUT2D eigenvalue weighted by Crippen LogP contribution is 2.22. The first kappa shape index (κ1) is 15.0. The second-order valence-corrected chi connectivity index (χ2v) is 3.86. The SMILES string of the molecule is COCCCC(=O)Nc1cc(OC)ccc1C(=O)O. The molecule has 0 atom stereocenters. The average molecular weight is 267 g/mol. The van der Waals surface area contributed by atoms with Crippen molar-refractivity contribution in [3.8, 4) is 5.75 Å². The highest BCUT2D eigenvalue weighted by atomic mass is 16.5. The molecule has 0 unspecified atom stereocenters. The lowest BCUT2D eigenvalue weighted by molar-refractivity contribution is -0.116. The van der Waals surface area contributed by atoms with Gasteiger partial charge in [0.05, 0.1) is 18.4 Å². The maximum Gasteiger partial charge on any atom is 0.337 e. The minimum Gasteiger partial charge on any atom is -0.497 e. The van der Waals surface area contributed by atoms with Crippen molar-refractivity contribution in [1.29, 1.82) is 0 Å². The van der Waals surface area contributed by atoms with E-state index in [1.165, 1.54) is 25.3 Å². The number of methoxy groups -OCH3 is 2. The van der Waals surface area contributed by atoms with E-state index in [1.807, 2.05) is 0 Å². The zero-order valence-corrected chi connectivity index (χ0v) is 10.9. The Morgan fingerprint density at radius 3 is 2.63 bits per heavy atom. The van der Waals surface area contributed by atoms with Crippen molar-refractivity contribution in [2.45, 2.75) is 12.8 Å². The lowest BCUT2D eigenvalue weighted by atomic mass is 10.1. The van der Waals surface area contributed by atoms with Gasteiger partial charge in [-0.15, -0.1) is 0 Å². The molecule has 0 aromatic heterocycles.